The van der Waals surface area contributed by atoms with Gasteiger partial charge in [-0.25, -0.2) is 4.79 Å². The van der Waals surface area contributed by atoms with E-state index in [1.54, 1.807) is 22.7 Å². The number of hydrogen-bond donors (Lipinski definition) is 2. The van der Waals surface area contributed by atoms with E-state index < -0.39 is 6.04 Å². The Kier molecular flexibility index (Phi) is 8.81. The van der Waals surface area contributed by atoms with E-state index >= 15 is 0 Å². The number of amides is 3. The molecule has 1 atom stereocenters. The van der Waals surface area contributed by atoms with E-state index in [2.05, 4.69) is 17.6 Å². The highest BCUT2D eigenvalue weighted by atomic mass is 32.1. The number of hydrogen-bond acceptors (Lipinski definition) is 4. The maximum atomic E-state index is 13.3. The van der Waals surface area contributed by atoms with Crippen LogP contribution in [0.15, 0.2) is 35.0 Å². The molecular formula is C20H29N3O2S2. The van der Waals surface area contributed by atoms with Crippen molar-refractivity contribution in [2.24, 2.45) is 0 Å². The van der Waals surface area contributed by atoms with Gasteiger partial charge in [0.2, 0.25) is 5.91 Å². The molecule has 5 nitrogen and oxygen atoms in total. The van der Waals surface area contributed by atoms with E-state index in [1.165, 1.54) is 0 Å². The van der Waals surface area contributed by atoms with Crippen molar-refractivity contribution >= 4 is 34.6 Å². The summed E-state index contributed by atoms with van der Waals surface area (Å²) in [6.45, 7) is 7.02. The summed E-state index contributed by atoms with van der Waals surface area (Å²) >= 11 is 3.29. The molecule has 0 aromatic carbocycles. The maximum absolute atomic E-state index is 13.3. The lowest BCUT2D eigenvalue weighted by atomic mass is 10.1. The molecule has 0 saturated carbocycles. The zero-order valence-electron chi connectivity index (χ0n) is 16.2. The Morgan fingerprint density at radius 2 is 1.63 bits per heavy atom. The first-order valence-electron chi connectivity index (χ1n) is 9.40. The minimum atomic E-state index is -0.511. The summed E-state index contributed by atoms with van der Waals surface area (Å²) in [7, 11) is 0. The summed E-state index contributed by atoms with van der Waals surface area (Å²) in [5.41, 5.74) is 0. The fraction of sp³-hybridized carbons (Fsp3) is 0.500. The van der Waals surface area contributed by atoms with Crippen molar-refractivity contribution in [1.82, 2.24) is 15.5 Å². The molecule has 0 aliphatic carbocycles. The van der Waals surface area contributed by atoms with Crippen LogP contribution < -0.4 is 10.6 Å². The van der Waals surface area contributed by atoms with Crippen LogP contribution in [0.25, 0.3) is 0 Å². The van der Waals surface area contributed by atoms with E-state index in [4.69, 9.17) is 0 Å². The minimum absolute atomic E-state index is 0.0239. The van der Waals surface area contributed by atoms with Crippen LogP contribution in [0.4, 0.5) is 4.79 Å². The Morgan fingerprint density at radius 3 is 2.07 bits per heavy atom. The van der Waals surface area contributed by atoms with Gasteiger partial charge in [-0.05, 0) is 43.2 Å². The smallest absolute Gasteiger partial charge is 0.315 e. The lowest BCUT2D eigenvalue weighted by Gasteiger charge is -2.28. The molecule has 7 heteroatoms. The Balaban J connectivity index is 2.14. The number of carbonyl (C=O) groups excluding carboxylic acids is 2. The number of unbranched alkanes of at least 4 members (excludes halogenated alkanes) is 1. The largest absolute Gasteiger partial charge is 0.336 e. The molecule has 0 unspecified atom stereocenters. The van der Waals surface area contributed by atoms with E-state index in [-0.39, 0.29) is 18.0 Å². The minimum Gasteiger partial charge on any atom is -0.336 e. The molecule has 0 aliphatic heterocycles. The standard InChI is InChI=1S/C20H29N3O2S2/c1-4-5-10-18(22-20(25)21-15(2)3)19(24)23(13-16-8-6-11-26-16)14-17-9-7-12-27-17/h6-9,11-12,15,18H,4-5,10,13-14H2,1-3H3,(H2,21,22,25)/t18-/m0/s1. The van der Waals surface area contributed by atoms with Crippen molar-refractivity contribution in [2.45, 2.75) is 65.2 Å². The molecule has 0 aliphatic rings. The summed E-state index contributed by atoms with van der Waals surface area (Å²) < 4.78 is 0. The molecule has 2 aromatic heterocycles. The molecule has 0 radical (unpaired) electrons. The average molecular weight is 408 g/mol. The zero-order chi connectivity index (χ0) is 19.6. The van der Waals surface area contributed by atoms with Gasteiger partial charge in [-0.2, -0.15) is 0 Å². The molecule has 2 N–H and O–H groups in total. The molecule has 0 spiro atoms. The SMILES string of the molecule is CCCC[C@H](NC(=O)NC(C)C)C(=O)N(Cc1cccs1)Cc1cccs1. The third-order valence-electron chi connectivity index (χ3n) is 4.03. The van der Waals surface area contributed by atoms with Crippen LogP contribution in [0.3, 0.4) is 0 Å². The van der Waals surface area contributed by atoms with E-state index in [0.29, 0.717) is 19.5 Å². The van der Waals surface area contributed by atoms with Crippen LogP contribution in [0.2, 0.25) is 0 Å². The second-order valence-corrected chi connectivity index (χ2v) is 8.88. The fourth-order valence-corrected chi connectivity index (χ4v) is 4.18. The first-order valence-corrected chi connectivity index (χ1v) is 11.2. The van der Waals surface area contributed by atoms with Gasteiger partial charge in [0.1, 0.15) is 6.04 Å². The average Bonchev–Trinajstić information content (AvgIpc) is 3.30. The predicted molar refractivity (Wildman–Crippen MR) is 113 cm³/mol. The van der Waals surface area contributed by atoms with Gasteiger partial charge in [0, 0.05) is 15.8 Å². The van der Waals surface area contributed by atoms with Crippen molar-refractivity contribution in [3.63, 3.8) is 0 Å². The monoisotopic (exact) mass is 407 g/mol. The molecular weight excluding hydrogens is 378 g/mol. The summed E-state index contributed by atoms with van der Waals surface area (Å²) in [6, 6.07) is 7.31. The highest BCUT2D eigenvalue weighted by Gasteiger charge is 2.26. The third kappa shape index (κ3) is 7.34. The van der Waals surface area contributed by atoms with Gasteiger partial charge >= 0.3 is 6.03 Å². The van der Waals surface area contributed by atoms with Crippen molar-refractivity contribution in [3.8, 4) is 0 Å². The second kappa shape index (κ2) is 11.1. The van der Waals surface area contributed by atoms with Crippen molar-refractivity contribution < 1.29 is 9.59 Å². The number of carbonyl (C=O) groups is 2. The van der Waals surface area contributed by atoms with Crippen LogP contribution in [0.1, 0.15) is 49.8 Å². The topological polar surface area (TPSA) is 61.4 Å². The molecule has 0 fully saturated rings. The molecule has 0 bridgehead atoms. The van der Waals surface area contributed by atoms with Crippen molar-refractivity contribution in [2.75, 3.05) is 0 Å². The van der Waals surface area contributed by atoms with E-state index in [1.807, 2.05) is 53.8 Å². The zero-order valence-corrected chi connectivity index (χ0v) is 17.9. The third-order valence-corrected chi connectivity index (χ3v) is 5.76. The van der Waals surface area contributed by atoms with Crippen LogP contribution in [-0.4, -0.2) is 28.9 Å². The Morgan fingerprint density at radius 1 is 1.04 bits per heavy atom. The van der Waals surface area contributed by atoms with Crippen LogP contribution in [0, 0.1) is 0 Å². The van der Waals surface area contributed by atoms with Gasteiger partial charge in [0.15, 0.2) is 0 Å². The highest BCUT2D eigenvalue weighted by molar-refractivity contribution is 7.10. The van der Waals surface area contributed by atoms with Crippen LogP contribution in [-0.2, 0) is 17.9 Å². The van der Waals surface area contributed by atoms with Crippen molar-refractivity contribution in [3.05, 3.63) is 44.8 Å². The Labute approximate surface area is 169 Å². The first-order chi connectivity index (χ1) is 13.0. The van der Waals surface area contributed by atoms with Gasteiger partial charge in [0.05, 0.1) is 13.1 Å². The van der Waals surface area contributed by atoms with Crippen LogP contribution >= 0.6 is 22.7 Å². The molecule has 2 aromatic rings. The Hall–Kier alpha value is -1.86. The fourth-order valence-electron chi connectivity index (χ4n) is 2.74. The molecule has 2 rings (SSSR count). The summed E-state index contributed by atoms with van der Waals surface area (Å²) in [4.78, 5) is 29.6. The van der Waals surface area contributed by atoms with Gasteiger partial charge in [-0.1, -0.05) is 31.9 Å². The number of nitrogens with one attached hydrogen (secondary N) is 2. The molecule has 3 amide bonds. The molecule has 27 heavy (non-hydrogen) atoms. The predicted octanol–water partition coefficient (Wildman–Crippen LogP) is 4.60. The van der Waals surface area contributed by atoms with Gasteiger partial charge in [-0.15, -0.1) is 22.7 Å². The molecule has 0 saturated heterocycles. The van der Waals surface area contributed by atoms with E-state index in [0.717, 1.165) is 22.6 Å². The lowest BCUT2D eigenvalue weighted by Crippen LogP contribution is -2.51. The molecule has 2 heterocycles. The van der Waals surface area contributed by atoms with E-state index in [9.17, 15) is 9.59 Å². The van der Waals surface area contributed by atoms with Gasteiger partial charge in [0.25, 0.3) is 0 Å². The maximum Gasteiger partial charge on any atom is 0.315 e. The normalized spacial score (nSPS) is 12.0. The summed E-state index contributed by atoms with van der Waals surface area (Å²) in [5.74, 6) is -0.0239. The second-order valence-electron chi connectivity index (χ2n) is 6.82. The summed E-state index contributed by atoms with van der Waals surface area (Å²) in [5, 5.41) is 9.75. The first kappa shape index (κ1) is 21.4. The van der Waals surface area contributed by atoms with Gasteiger partial charge in [-0.3, -0.25) is 4.79 Å². The Bertz CT molecular complexity index is 648. The number of thiophene rings is 2. The van der Waals surface area contributed by atoms with Crippen molar-refractivity contribution in [1.29, 1.82) is 0 Å². The quantitative estimate of drug-likeness (QED) is 0.604. The summed E-state index contributed by atoms with van der Waals surface area (Å²) in [6.07, 6.45) is 2.52. The lowest BCUT2D eigenvalue weighted by molar-refractivity contribution is -0.134. The van der Waals surface area contributed by atoms with Crippen LogP contribution in [0.5, 0.6) is 0 Å². The number of nitrogens with zero attached hydrogens (tertiary/aromatic N) is 1. The van der Waals surface area contributed by atoms with Gasteiger partial charge < -0.3 is 15.5 Å². The molecule has 148 valence electrons. The number of urea groups is 1. The highest BCUT2D eigenvalue weighted by Crippen LogP contribution is 2.19. The number of rotatable bonds is 10.